The predicted octanol–water partition coefficient (Wildman–Crippen LogP) is 4.35. The Morgan fingerprint density at radius 3 is 2.33 bits per heavy atom. The number of hydrogen-bond donors (Lipinski definition) is 1. The standard InChI is InChI=1S/C21H24BrN3O2/c1-12-10-19(24-13(2)4-5-14(24)3)23-20-17(12)11-18(22)21(27)25(20)15-6-8-16(26)9-7-15/h4-5,10-11,15-16,26H,6-9H2,1-3H3. The van der Waals surface area contributed by atoms with Crippen LogP contribution in [0.4, 0.5) is 0 Å². The van der Waals surface area contributed by atoms with Crippen LogP contribution < -0.4 is 5.56 Å². The molecule has 27 heavy (non-hydrogen) atoms. The highest BCUT2D eigenvalue weighted by Crippen LogP contribution is 2.32. The van der Waals surface area contributed by atoms with Gasteiger partial charge in [-0.3, -0.25) is 9.36 Å². The van der Waals surface area contributed by atoms with Gasteiger partial charge >= 0.3 is 0 Å². The van der Waals surface area contributed by atoms with E-state index in [9.17, 15) is 9.90 Å². The molecule has 0 radical (unpaired) electrons. The topological polar surface area (TPSA) is 60.0 Å². The van der Waals surface area contributed by atoms with Crippen molar-refractivity contribution in [3.05, 3.63) is 56.0 Å². The molecule has 5 nitrogen and oxygen atoms in total. The predicted molar refractivity (Wildman–Crippen MR) is 111 cm³/mol. The normalized spacial score (nSPS) is 20.3. The molecular weight excluding hydrogens is 406 g/mol. The first-order valence-corrected chi connectivity index (χ1v) is 10.2. The van der Waals surface area contributed by atoms with E-state index in [1.807, 2.05) is 10.6 Å². The van der Waals surface area contributed by atoms with Crippen molar-refractivity contribution in [2.45, 2.75) is 58.6 Å². The number of pyridine rings is 2. The molecule has 0 amide bonds. The zero-order valence-electron chi connectivity index (χ0n) is 15.9. The molecule has 4 rings (SSSR count). The lowest BCUT2D eigenvalue weighted by Crippen LogP contribution is -2.30. The smallest absolute Gasteiger partial charge is 0.266 e. The minimum absolute atomic E-state index is 0.0473. The second-order valence-corrected chi connectivity index (χ2v) is 8.47. The van der Waals surface area contributed by atoms with Gasteiger partial charge in [-0.25, -0.2) is 4.98 Å². The molecule has 3 aromatic rings. The van der Waals surface area contributed by atoms with Crippen LogP contribution in [0.1, 0.15) is 48.7 Å². The lowest BCUT2D eigenvalue weighted by molar-refractivity contribution is 0.110. The fourth-order valence-corrected chi connectivity index (χ4v) is 4.63. The third-order valence-corrected chi connectivity index (χ3v) is 6.25. The number of aliphatic hydroxyl groups excluding tert-OH is 1. The summed E-state index contributed by atoms with van der Waals surface area (Å²) in [6.07, 6.45) is 2.77. The molecule has 3 aromatic heterocycles. The van der Waals surface area contributed by atoms with Gasteiger partial charge in [-0.1, -0.05) is 0 Å². The Balaban J connectivity index is 1.98. The van der Waals surface area contributed by atoms with E-state index in [0.717, 1.165) is 59.5 Å². The second-order valence-electron chi connectivity index (χ2n) is 7.62. The Morgan fingerprint density at radius 2 is 1.70 bits per heavy atom. The number of fused-ring (bicyclic) bond motifs is 1. The number of hydrogen-bond acceptors (Lipinski definition) is 3. The maximum absolute atomic E-state index is 13.0. The lowest BCUT2D eigenvalue weighted by atomic mass is 9.92. The first-order valence-electron chi connectivity index (χ1n) is 9.42. The summed E-state index contributed by atoms with van der Waals surface area (Å²) >= 11 is 3.44. The summed E-state index contributed by atoms with van der Waals surface area (Å²) in [4.78, 5) is 18.0. The van der Waals surface area contributed by atoms with Crippen LogP contribution in [0.15, 0.2) is 33.5 Å². The van der Waals surface area contributed by atoms with E-state index in [1.165, 1.54) is 0 Å². The van der Waals surface area contributed by atoms with E-state index in [2.05, 4.69) is 59.5 Å². The van der Waals surface area contributed by atoms with Crippen molar-refractivity contribution < 1.29 is 5.11 Å². The lowest BCUT2D eigenvalue weighted by Gasteiger charge is -2.28. The van der Waals surface area contributed by atoms with Crippen LogP contribution in [0, 0.1) is 20.8 Å². The molecule has 0 bridgehead atoms. The first-order chi connectivity index (χ1) is 12.9. The largest absolute Gasteiger partial charge is 0.393 e. The highest BCUT2D eigenvalue weighted by Gasteiger charge is 2.25. The molecule has 0 atom stereocenters. The van der Waals surface area contributed by atoms with Crippen molar-refractivity contribution in [1.82, 2.24) is 14.1 Å². The van der Waals surface area contributed by atoms with Gasteiger partial charge in [0.2, 0.25) is 0 Å². The molecule has 0 unspecified atom stereocenters. The third kappa shape index (κ3) is 3.15. The van der Waals surface area contributed by atoms with E-state index in [1.54, 1.807) is 0 Å². The van der Waals surface area contributed by atoms with Gasteiger partial charge in [0.1, 0.15) is 11.5 Å². The van der Waals surface area contributed by atoms with Crippen molar-refractivity contribution in [3.63, 3.8) is 0 Å². The van der Waals surface area contributed by atoms with Crippen LogP contribution in [0.5, 0.6) is 0 Å². The summed E-state index contributed by atoms with van der Waals surface area (Å²) in [6, 6.07) is 8.18. The number of rotatable bonds is 2. The third-order valence-electron chi connectivity index (χ3n) is 5.69. The maximum Gasteiger partial charge on any atom is 0.266 e. The van der Waals surface area contributed by atoms with Gasteiger partial charge in [-0.05, 0) is 92.2 Å². The number of aliphatic hydroxyl groups is 1. The molecule has 0 spiro atoms. The zero-order chi connectivity index (χ0) is 19.3. The fraction of sp³-hybridized carbons (Fsp3) is 0.429. The van der Waals surface area contributed by atoms with Gasteiger partial charge in [0.25, 0.3) is 5.56 Å². The quantitative estimate of drug-likeness (QED) is 0.658. The minimum atomic E-state index is -0.259. The van der Waals surface area contributed by atoms with Gasteiger partial charge in [0.15, 0.2) is 0 Å². The Morgan fingerprint density at radius 1 is 1.07 bits per heavy atom. The van der Waals surface area contributed by atoms with Crippen LogP contribution in [0.3, 0.4) is 0 Å². The summed E-state index contributed by atoms with van der Waals surface area (Å²) in [5, 5.41) is 10.9. The van der Waals surface area contributed by atoms with Crippen LogP contribution in [-0.2, 0) is 0 Å². The minimum Gasteiger partial charge on any atom is -0.393 e. The number of halogens is 1. The number of nitrogens with zero attached hydrogens (tertiary/aromatic N) is 3. The van der Waals surface area contributed by atoms with E-state index in [4.69, 9.17) is 4.98 Å². The second kappa shape index (κ2) is 6.91. The Kier molecular flexibility index (Phi) is 4.72. The van der Waals surface area contributed by atoms with Crippen molar-refractivity contribution in [2.75, 3.05) is 0 Å². The summed E-state index contributed by atoms with van der Waals surface area (Å²) in [5.41, 5.74) is 4.00. The molecule has 0 aliphatic heterocycles. The van der Waals surface area contributed by atoms with Gasteiger partial charge in [0.05, 0.1) is 10.6 Å². The maximum atomic E-state index is 13.0. The Labute approximate surface area is 166 Å². The first kappa shape index (κ1) is 18.4. The Bertz CT molecular complexity index is 1060. The van der Waals surface area contributed by atoms with Crippen LogP contribution in [0.2, 0.25) is 0 Å². The number of aromatic nitrogens is 3. The molecular formula is C21H24BrN3O2. The molecule has 3 heterocycles. The molecule has 1 aliphatic carbocycles. The molecule has 0 aromatic carbocycles. The summed E-state index contributed by atoms with van der Waals surface area (Å²) < 4.78 is 4.52. The van der Waals surface area contributed by atoms with Gasteiger partial charge < -0.3 is 9.67 Å². The average molecular weight is 430 g/mol. The SMILES string of the molecule is Cc1cc(-n2c(C)ccc2C)nc2c1cc(Br)c(=O)n2C1CCC(O)CC1. The van der Waals surface area contributed by atoms with Gasteiger partial charge in [0, 0.05) is 22.8 Å². The van der Waals surface area contributed by atoms with Crippen LogP contribution >= 0.6 is 15.9 Å². The summed E-state index contributed by atoms with van der Waals surface area (Å²) in [5.74, 6) is 0.839. The van der Waals surface area contributed by atoms with Crippen molar-refractivity contribution in [3.8, 4) is 5.82 Å². The van der Waals surface area contributed by atoms with E-state index >= 15 is 0 Å². The fourth-order valence-electron chi connectivity index (χ4n) is 4.21. The molecule has 0 saturated heterocycles. The summed E-state index contributed by atoms with van der Waals surface area (Å²) in [6.45, 7) is 6.18. The van der Waals surface area contributed by atoms with Crippen molar-refractivity contribution in [2.24, 2.45) is 0 Å². The van der Waals surface area contributed by atoms with E-state index < -0.39 is 0 Å². The van der Waals surface area contributed by atoms with Crippen LogP contribution in [0.25, 0.3) is 16.9 Å². The zero-order valence-corrected chi connectivity index (χ0v) is 17.5. The van der Waals surface area contributed by atoms with Crippen molar-refractivity contribution in [1.29, 1.82) is 0 Å². The molecule has 1 aliphatic rings. The highest BCUT2D eigenvalue weighted by atomic mass is 79.9. The number of aryl methyl sites for hydroxylation is 3. The van der Waals surface area contributed by atoms with Gasteiger partial charge in [-0.15, -0.1) is 0 Å². The molecule has 142 valence electrons. The van der Waals surface area contributed by atoms with Crippen LogP contribution in [-0.4, -0.2) is 25.3 Å². The summed E-state index contributed by atoms with van der Waals surface area (Å²) in [7, 11) is 0. The average Bonchev–Trinajstić information content (AvgIpc) is 2.96. The monoisotopic (exact) mass is 429 g/mol. The molecule has 6 heteroatoms. The highest BCUT2D eigenvalue weighted by molar-refractivity contribution is 9.10. The van der Waals surface area contributed by atoms with Gasteiger partial charge in [-0.2, -0.15) is 0 Å². The van der Waals surface area contributed by atoms with Crippen molar-refractivity contribution >= 4 is 27.0 Å². The van der Waals surface area contributed by atoms with E-state index in [-0.39, 0.29) is 17.7 Å². The molecule has 1 saturated carbocycles. The van der Waals surface area contributed by atoms with E-state index in [0.29, 0.717) is 4.47 Å². The Hall–Kier alpha value is -1.92. The molecule has 1 N–H and O–H groups in total. The molecule has 1 fully saturated rings.